The second-order valence-electron chi connectivity index (χ2n) is 5.97. The van der Waals surface area contributed by atoms with E-state index in [2.05, 4.69) is 10.6 Å². The van der Waals surface area contributed by atoms with Crippen molar-refractivity contribution in [3.8, 4) is 0 Å². The largest absolute Gasteiger partial charge is 0.356 e. The molecule has 2 aromatic carbocycles. The molecule has 0 aliphatic carbocycles. The fraction of sp³-hybridized carbons (Fsp3) is 0.278. The summed E-state index contributed by atoms with van der Waals surface area (Å²) in [5.74, 6) is -0.298. The summed E-state index contributed by atoms with van der Waals surface area (Å²) >= 11 is 11.5. The van der Waals surface area contributed by atoms with E-state index in [0.717, 1.165) is 16.2 Å². The highest BCUT2D eigenvalue weighted by Gasteiger charge is 2.24. The Labute approximate surface area is 152 Å². The Bertz CT molecular complexity index is 701. The molecule has 0 heterocycles. The molecule has 2 aromatic rings. The van der Waals surface area contributed by atoms with Gasteiger partial charge < -0.3 is 15.5 Å². The monoisotopic (exact) mass is 366 g/mol. The maximum Gasteiger partial charge on any atom is 0.171 e. The molecule has 0 amide bonds. The zero-order chi connectivity index (χ0) is 17.7. The number of benzene rings is 2. The van der Waals surface area contributed by atoms with Crippen LogP contribution in [0.3, 0.4) is 0 Å². The van der Waals surface area contributed by atoms with Gasteiger partial charge in [-0.25, -0.2) is 4.39 Å². The van der Waals surface area contributed by atoms with Gasteiger partial charge in [-0.05, 0) is 49.0 Å². The summed E-state index contributed by atoms with van der Waals surface area (Å²) in [6.07, 6.45) is 0. The average molecular weight is 367 g/mol. The van der Waals surface area contributed by atoms with Gasteiger partial charge in [-0.1, -0.05) is 29.8 Å². The van der Waals surface area contributed by atoms with Crippen molar-refractivity contribution in [1.82, 2.24) is 5.32 Å². The Morgan fingerprint density at radius 3 is 2.58 bits per heavy atom. The summed E-state index contributed by atoms with van der Waals surface area (Å²) in [7, 11) is 3.93. The molecule has 3 nitrogen and oxygen atoms in total. The maximum absolute atomic E-state index is 14.2. The number of hydrogen-bond donors (Lipinski definition) is 3. The van der Waals surface area contributed by atoms with Crippen LogP contribution < -0.4 is 15.5 Å². The number of anilines is 1. The van der Waals surface area contributed by atoms with Gasteiger partial charge in [-0.2, -0.15) is 0 Å². The summed E-state index contributed by atoms with van der Waals surface area (Å²) < 4.78 is 14.2. The molecule has 0 saturated carbocycles. The third-order valence-electron chi connectivity index (χ3n) is 3.79. The van der Waals surface area contributed by atoms with Gasteiger partial charge >= 0.3 is 0 Å². The van der Waals surface area contributed by atoms with Crippen molar-refractivity contribution in [2.24, 2.45) is 0 Å². The van der Waals surface area contributed by atoms with E-state index in [1.54, 1.807) is 12.1 Å². The second-order valence-corrected chi connectivity index (χ2v) is 6.79. The minimum Gasteiger partial charge on any atom is -0.356 e. The third kappa shape index (κ3) is 4.90. The summed E-state index contributed by atoms with van der Waals surface area (Å²) in [4.78, 5) is 1.06. The Hall–Kier alpha value is -1.69. The number of aryl methyl sites for hydroxylation is 1. The van der Waals surface area contributed by atoms with E-state index in [1.807, 2.05) is 45.3 Å². The van der Waals surface area contributed by atoms with Gasteiger partial charge in [-0.15, -0.1) is 0 Å². The number of likely N-dealkylation sites (N-methyl/N-ethyl adjacent to an activating group) is 1. The molecule has 0 bridgehead atoms. The lowest BCUT2D eigenvalue weighted by Crippen LogP contribution is -3.07. The zero-order valence-electron chi connectivity index (χ0n) is 14.0. The molecular weight excluding hydrogens is 345 g/mol. The molecular formula is C18H22ClFN3S+. The first-order valence-electron chi connectivity index (χ1n) is 7.74. The number of nitrogens with one attached hydrogen (secondary N) is 3. The van der Waals surface area contributed by atoms with E-state index in [0.29, 0.717) is 22.2 Å². The molecule has 3 N–H and O–H groups in total. The number of hydrogen-bond acceptors (Lipinski definition) is 1. The molecule has 0 aromatic heterocycles. The molecule has 6 heteroatoms. The molecule has 1 atom stereocenters. The van der Waals surface area contributed by atoms with Crippen molar-refractivity contribution < 1.29 is 9.29 Å². The van der Waals surface area contributed by atoms with Crippen molar-refractivity contribution in [2.45, 2.75) is 13.0 Å². The highest BCUT2D eigenvalue weighted by Crippen LogP contribution is 2.23. The Morgan fingerprint density at radius 2 is 1.96 bits per heavy atom. The van der Waals surface area contributed by atoms with Gasteiger partial charge in [0.2, 0.25) is 0 Å². The maximum atomic E-state index is 14.2. The molecule has 0 aliphatic heterocycles. The second kappa shape index (κ2) is 8.42. The molecule has 0 radical (unpaired) electrons. The molecule has 0 unspecified atom stereocenters. The van der Waals surface area contributed by atoms with E-state index in [-0.39, 0.29) is 11.9 Å². The molecule has 0 spiro atoms. The van der Waals surface area contributed by atoms with Crippen molar-refractivity contribution >= 4 is 34.6 Å². The van der Waals surface area contributed by atoms with Crippen molar-refractivity contribution in [3.05, 3.63) is 64.4 Å². The van der Waals surface area contributed by atoms with Crippen molar-refractivity contribution in [3.63, 3.8) is 0 Å². The lowest BCUT2D eigenvalue weighted by Gasteiger charge is -2.24. The van der Waals surface area contributed by atoms with Crippen LogP contribution in [0, 0.1) is 12.7 Å². The smallest absolute Gasteiger partial charge is 0.171 e. The lowest BCUT2D eigenvalue weighted by atomic mass is 10.1. The molecule has 128 valence electrons. The predicted octanol–water partition coefficient (Wildman–Crippen LogP) is 2.96. The summed E-state index contributed by atoms with van der Waals surface area (Å²) in [6, 6.07) is 12.5. The number of rotatable bonds is 5. The third-order valence-corrected chi connectivity index (χ3v) is 4.36. The number of halogens is 2. The highest BCUT2D eigenvalue weighted by molar-refractivity contribution is 7.80. The predicted molar refractivity (Wildman–Crippen MR) is 102 cm³/mol. The summed E-state index contributed by atoms with van der Waals surface area (Å²) in [6.45, 7) is 2.49. The summed E-state index contributed by atoms with van der Waals surface area (Å²) in [5, 5.41) is 7.23. The van der Waals surface area contributed by atoms with E-state index in [1.165, 1.54) is 6.07 Å². The van der Waals surface area contributed by atoms with Crippen LogP contribution in [-0.4, -0.2) is 25.8 Å². The summed E-state index contributed by atoms with van der Waals surface area (Å²) in [5.41, 5.74) is 2.58. The minimum absolute atomic E-state index is 0.157. The van der Waals surface area contributed by atoms with Crippen molar-refractivity contribution in [1.29, 1.82) is 0 Å². The normalized spacial score (nSPS) is 12.1. The topological polar surface area (TPSA) is 28.5 Å². The Kier molecular flexibility index (Phi) is 6.54. The van der Waals surface area contributed by atoms with Crippen LogP contribution in [0.25, 0.3) is 0 Å². The minimum atomic E-state index is -0.298. The van der Waals surface area contributed by atoms with Crippen LogP contribution >= 0.6 is 23.8 Å². The van der Waals surface area contributed by atoms with E-state index in [4.69, 9.17) is 23.8 Å². The van der Waals surface area contributed by atoms with Crippen molar-refractivity contribution in [2.75, 3.05) is 26.0 Å². The van der Waals surface area contributed by atoms with Gasteiger partial charge in [0, 0.05) is 5.69 Å². The van der Waals surface area contributed by atoms with Gasteiger partial charge in [0.25, 0.3) is 0 Å². The quantitative estimate of drug-likeness (QED) is 0.710. The SMILES string of the molecule is Cc1cccc(NC(=S)NC[C@@H](c2c(F)cccc2Cl)[NH+](C)C)c1. The fourth-order valence-electron chi connectivity index (χ4n) is 2.53. The Balaban J connectivity index is 2.05. The van der Waals surface area contributed by atoms with E-state index < -0.39 is 0 Å². The van der Waals surface area contributed by atoms with Gasteiger partial charge in [0.15, 0.2) is 5.11 Å². The van der Waals surface area contributed by atoms with E-state index >= 15 is 0 Å². The molecule has 0 saturated heterocycles. The first kappa shape index (κ1) is 18.6. The first-order valence-corrected chi connectivity index (χ1v) is 8.52. The van der Waals surface area contributed by atoms with Crippen LogP contribution in [0.4, 0.5) is 10.1 Å². The first-order chi connectivity index (χ1) is 11.4. The standard InChI is InChI=1S/C18H21ClFN3S/c1-12-6-4-7-13(10-12)22-18(24)21-11-16(23(2)3)17-14(19)8-5-9-15(17)20/h4-10,16H,11H2,1-3H3,(H2,21,22,24)/p+1/t16-/m0/s1. The zero-order valence-corrected chi connectivity index (χ0v) is 15.6. The molecule has 0 fully saturated rings. The molecule has 24 heavy (non-hydrogen) atoms. The highest BCUT2D eigenvalue weighted by atomic mass is 35.5. The van der Waals surface area contributed by atoms with Crippen LogP contribution in [-0.2, 0) is 0 Å². The number of thiocarbonyl (C=S) groups is 1. The van der Waals surface area contributed by atoms with Crippen LogP contribution in [0.2, 0.25) is 5.02 Å². The molecule has 0 aliphatic rings. The van der Waals surface area contributed by atoms with E-state index in [9.17, 15) is 4.39 Å². The fourth-order valence-corrected chi connectivity index (χ4v) is 3.03. The van der Waals surface area contributed by atoms with Gasteiger partial charge in [-0.3, -0.25) is 0 Å². The van der Waals surface area contributed by atoms with Crippen LogP contribution in [0.15, 0.2) is 42.5 Å². The van der Waals surface area contributed by atoms with Crippen LogP contribution in [0.5, 0.6) is 0 Å². The number of quaternary nitrogens is 1. The van der Waals surface area contributed by atoms with Gasteiger partial charge in [0.05, 0.1) is 31.2 Å². The average Bonchev–Trinajstić information content (AvgIpc) is 2.49. The van der Waals surface area contributed by atoms with Crippen LogP contribution in [0.1, 0.15) is 17.2 Å². The lowest BCUT2D eigenvalue weighted by molar-refractivity contribution is -0.890. The Morgan fingerprint density at radius 1 is 1.25 bits per heavy atom. The van der Waals surface area contributed by atoms with Gasteiger partial charge in [0.1, 0.15) is 11.9 Å². The molecule has 2 rings (SSSR count).